The van der Waals surface area contributed by atoms with Gasteiger partial charge in [0, 0.05) is 10.1 Å². The summed E-state index contributed by atoms with van der Waals surface area (Å²) in [7, 11) is -1.47. The molecule has 0 heterocycles. The number of nitrogens with one attached hydrogen (secondary N) is 1. The van der Waals surface area contributed by atoms with Gasteiger partial charge in [-0.05, 0) is 40.8 Å². The minimum Gasteiger partial charge on any atom is -0.352 e. The van der Waals surface area contributed by atoms with Crippen LogP contribution in [0.15, 0.2) is 18.2 Å². The van der Waals surface area contributed by atoms with Crippen LogP contribution in [-0.2, 0) is 0 Å². The molecule has 16 heavy (non-hydrogen) atoms. The molecule has 0 aliphatic rings. The second kappa shape index (κ2) is 5.31. The lowest BCUT2D eigenvalue weighted by molar-refractivity contribution is 0.0956. The standard InChI is InChI=1S/C12H18INOSi/c1-5-14-12(15)11-9(13)7-6-8-10(11)16(2,3)4/h6-8H,5H2,1-4H3,(H,14,15). The quantitative estimate of drug-likeness (QED) is 0.661. The van der Waals surface area contributed by atoms with E-state index in [0.717, 1.165) is 9.13 Å². The summed E-state index contributed by atoms with van der Waals surface area (Å²) in [4.78, 5) is 12.0. The van der Waals surface area contributed by atoms with Gasteiger partial charge >= 0.3 is 0 Å². The van der Waals surface area contributed by atoms with Gasteiger partial charge in [0.2, 0.25) is 0 Å². The van der Waals surface area contributed by atoms with E-state index in [4.69, 9.17) is 0 Å². The summed E-state index contributed by atoms with van der Waals surface area (Å²) in [6, 6.07) is 6.13. The number of hydrogen-bond acceptors (Lipinski definition) is 1. The zero-order valence-electron chi connectivity index (χ0n) is 10.2. The average molecular weight is 347 g/mol. The number of carbonyl (C=O) groups is 1. The van der Waals surface area contributed by atoms with Crippen molar-refractivity contribution in [2.75, 3.05) is 6.54 Å². The first-order valence-electron chi connectivity index (χ1n) is 5.45. The first-order chi connectivity index (χ1) is 7.38. The maximum atomic E-state index is 12.0. The van der Waals surface area contributed by atoms with Crippen LogP contribution in [-0.4, -0.2) is 20.5 Å². The van der Waals surface area contributed by atoms with Crippen molar-refractivity contribution in [3.05, 3.63) is 27.3 Å². The largest absolute Gasteiger partial charge is 0.352 e. The highest BCUT2D eigenvalue weighted by atomic mass is 127. The first-order valence-corrected chi connectivity index (χ1v) is 10.0. The zero-order valence-corrected chi connectivity index (χ0v) is 13.4. The molecule has 0 aliphatic heterocycles. The van der Waals surface area contributed by atoms with E-state index in [1.54, 1.807) is 0 Å². The maximum Gasteiger partial charge on any atom is 0.252 e. The molecule has 0 aromatic heterocycles. The highest BCUT2D eigenvalue weighted by Gasteiger charge is 2.24. The normalized spacial score (nSPS) is 11.3. The van der Waals surface area contributed by atoms with Gasteiger partial charge in [0.05, 0.1) is 13.6 Å². The Balaban J connectivity index is 3.30. The fraction of sp³-hybridized carbons (Fsp3) is 0.417. The summed E-state index contributed by atoms with van der Waals surface area (Å²) in [5.41, 5.74) is 0.879. The minimum absolute atomic E-state index is 0.0601. The molecule has 0 spiro atoms. The highest BCUT2D eigenvalue weighted by Crippen LogP contribution is 2.14. The van der Waals surface area contributed by atoms with E-state index in [1.807, 2.05) is 19.1 Å². The van der Waals surface area contributed by atoms with E-state index >= 15 is 0 Å². The predicted molar refractivity (Wildman–Crippen MR) is 80.1 cm³/mol. The van der Waals surface area contributed by atoms with Gasteiger partial charge < -0.3 is 5.32 Å². The summed E-state index contributed by atoms with van der Waals surface area (Å²) in [6.45, 7) is 9.42. The van der Waals surface area contributed by atoms with E-state index < -0.39 is 8.07 Å². The Labute approximate surface area is 112 Å². The van der Waals surface area contributed by atoms with Gasteiger partial charge in [0.25, 0.3) is 5.91 Å². The Morgan fingerprint density at radius 2 is 2.00 bits per heavy atom. The molecule has 1 rings (SSSR count). The van der Waals surface area contributed by atoms with E-state index in [2.05, 4.69) is 53.6 Å². The smallest absolute Gasteiger partial charge is 0.252 e. The van der Waals surface area contributed by atoms with E-state index in [9.17, 15) is 4.79 Å². The molecule has 88 valence electrons. The lowest BCUT2D eigenvalue weighted by Crippen LogP contribution is -2.44. The van der Waals surface area contributed by atoms with Crippen molar-refractivity contribution >= 4 is 41.8 Å². The van der Waals surface area contributed by atoms with Gasteiger partial charge in [0.1, 0.15) is 0 Å². The van der Waals surface area contributed by atoms with Crippen molar-refractivity contribution in [3.63, 3.8) is 0 Å². The summed E-state index contributed by atoms with van der Waals surface area (Å²) >= 11 is 2.24. The Morgan fingerprint density at radius 1 is 1.38 bits per heavy atom. The lowest BCUT2D eigenvalue weighted by Gasteiger charge is -2.21. The molecule has 0 aliphatic carbocycles. The molecule has 0 radical (unpaired) electrons. The fourth-order valence-electron chi connectivity index (χ4n) is 1.63. The molecular weight excluding hydrogens is 329 g/mol. The molecule has 4 heteroatoms. The molecular formula is C12H18INOSi. The number of carbonyl (C=O) groups excluding carboxylic acids is 1. The van der Waals surface area contributed by atoms with Crippen molar-refractivity contribution in [2.45, 2.75) is 26.6 Å². The van der Waals surface area contributed by atoms with Crippen LogP contribution >= 0.6 is 22.6 Å². The fourth-order valence-corrected chi connectivity index (χ4v) is 4.22. The highest BCUT2D eigenvalue weighted by molar-refractivity contribution is 14.1. The molecule has 0 atom stereocenters. The third-order valence-electron chi connectivity index (χ3n) is 2.39. The third kappa shape index (κ3) is 3.07. The van der Waals surface area contributed by atoms with Crippen LogP contribution in [0, 0.1) is 3.57 Å². The van der Waals surface area contributed by atoms with Gasteiger partial charge in [-0.15, -0.1) is 0 Å². The van der Waals surface area contributed by atoms with Crippen molar-refractivity contribution in [1.29, 1.82) is 0 Å². The molecule has 0 bridgehead atoms. The predicted octanol–water partition coefficient (Wildman–Crippen LogP) is 2.59. The van der Waals surface area contributed by atoms with Crippen molar-refractivity contribution in [2.24, 2.45) is 0 Å². The zero-order chi connectivity index (χ0) is 12.3. The number of halogens is 1. The van der Waals surface area contributed by atoms with Crippen LogP contribution in [0.2, 0.25) is 19.6 Å². The van der Waals surface area contributed by atoms with Crippen LogP contribution in [0.4, 0.5) is 0 Å². The molecule has 1 N–H and O–H groups in total. The number of hydrogen-bond donors (Lipinski definition) is 1. The van der Waals surface area contributed by atoms with Crippen LogP contribution in [0.3, 0.4) is 0 Å². The van der Waals surface area contributed by atoms with Crippen molar-refractivity contribution in [3.8, 4) is 0 Å². The molecule has 2 nitrogen and oxygen atoms in total. The Kier molecular flexibility index (Phi) is 4.55. The molecule has 0 unspecified atom stereocenters. The van der Waals surface area contributed by atoms with Gasteiger partial charge in [-0.1, -0.05) is 31.8 Å². The van der Waals surface area contributed by atoms with Crippen LogP contribution in [0.25, 0.3) is 0 Å². The minimum atomic E-state index is -1.47. The second-order valence-corrected chi connectivity index (χ2v) is 11.0. The summed E-state index contributed by atoms with van der Waals surface area (Å²) < 4.78 is 1.04. The number of rotatable bonds is 3. The molecule has 1 aromatic carbocycles. The SMILES string of the molecule is CCNC(=O)c1c(I)cccc1[Si](C)(C)C. The van der Waals surface area contributed by atoms with Crippen molar-refractivity contribution in [1.82, 2.24) is 5.32 Å². The van der Waals surface area contributed by atoms with Gasteiger partial charge in [-0.25, -0.2) is 0 Å². The topological polar surface area (TPSA) is 29.1 Å². The van der Waals surface area contributed by atoms with E-state index in [1.165, 1.54) is 5.19 Å². The van der Waals surface area contributed by atoms with Crippen LogP contribution in [0.5, 0.6) is 0 Å². The van der Waals surface area contributed by atoms with Crippen molar-refractivity contribution < 1.29 is 4.79 Å². The first kappa shape index (κ1) is 13.7. The molecule has 0 saturated carbocycles. The van der Waals surface area contributed by atoms with Gasteiger partial charge in [-0.2, -0.15) is 0 Å². The number of benzene rings is 1. The summed E-state index contributed by atoms with van der Waals surface area (Å²) in [6.07, 6.45) is 0. The Bertz CT molecular complexity index is 398. The van der Waals surface area contributed by atoms with Gasteiger partial charge in [-0.3, -0.25) is 4.79 Å². The van der Waals surface area contributed by atoms with Crippen LogP contribution < -0.4 is 10.5 Å². The lowest BCUT2D eigenvalue weighted by atomic mass is 10.2. The summed E-state index contributed by atoms with van der Waals surface area (Å²) in [5.74, 6) is 0.0601. The Morgan fingerprint density at radius 3 is 2.50 bits per heavy atom. The maximum absolute atomic E-state index is 12.0. The molecule has 1 aromatic rings. The van der Waals surface area contributed by atoms with E-state index in [0.29, 0.717) is 6.54 Å². The van der Waals surface area contributed by atoms with Gasteiger partial charge in [0.15, 0.2) is 0 Å². The molecule has 0 fully saturated rings. The van der Waals surface area contributed by atoms with Crippen LogP contribution in [0.1, 0.15) is 17.3 Å². The van der Waals surface area contributed by atoms with E-state index in [-0.39, 0.29) is 5.91 Å². The monoisotopic (exact) mass is 347 g/mol. The number of amides is 1. The Hall–Kier alpha value is -0.363. The second-order valence-electron chi connectivity index (χ2n) is 4.77. The average Bonchev–Trinajstić information content (AvgIpc) is 2.16. The summed E-state index contributed by atoms with van der Waals surface area (Å²) in [5, 5.41) is 4.13. The molecule has 1 amide bonds. The molecule has 0 saturated heterocycles. The third-order valence-corrected chi connectivity index (χ3v) is 5.32.